The third-order valence-electron chi connectivity index (χ3n) is 4.44. The highest BCUT2D eigenvalue weighted by Gasteiger charge is 2.24. The van der Waals surface area contributed by atoms with E-state index >= 15 is 0 Å². The van der Waals surface area contributed by atoms with Crippen LogP contribution in [0.25, 0.3) is 0 Å². The van der Waals surface area contributed by atoms with E-state index in [1.54, 1.807) is 11.3 Å². The molecule has 5 nitrogen and oxygen atoms in total. The van der Waals surface area contributed by atoms with E-state index in [4.69, 9.17) is 0 Å². The minimum Gasteiger partial charge on any atom is -0.355 e. The fourth-order valence-corrected chi connectivity index (χ4v) is 3.84. The number of thiazole rings is 1. The second-order valence-corrected chi connectivity index (χ2v) is 7.63. The van der Waals surface area contributed by atoms with Crippen LogP contribution < -0.4 is 10.6 Å². The highest BCUT2D eigenvalue weighted by molar-refractivity contribution is 14.0. The van der Waals surface area contributed by atoms with Gasteiger partial charge in [-0.25, -0.2) is 4.98 Å². The van der Waals surface area contributed by atoms with Gasteiger partial charge in [0.15, 0.2) is 5.96 Å². The van der Waals surface area contributed by atoms with Crippen LogP contribution in [0.3, 0.4) is 0 Å². The summed E-state index contributed by atoms with van der Waals surface area (Å²) in [4.78, 5) is 12.7. The van der Waals surface area contributed by atoms with Crippen molar-refractivity contribution in [2.45, 2.75) is 52.6 Å². The Morgan fingerprint density at radius 2 is 2.04 bits per heavy atom. The molecule has 24 heavy (non-hydrogen) atoms. The van der Waals surface area contributed by atoms with E-state index in [1.807, 2.05) is 13.2 Å². The number of halogens is 1. The first-order chi connectivity index (χ1) is 11.1. The van der Waals surface area contributed by atoms with Gasteiger partial charge in [-0.15, -0.1) is 35.3 Å². The van der Waals surface area contributed by atoms with Crippen molar-refractivity contribution in [2.75, 3.05) is 26.7 Å². The van der Waals surface area contributed by atoms with Crippen molar-refractivity contribution < 1.29 is 0 Å². The predicted octanol–water partition coefficient (Wildman–Crippen LogP) is 3.11. The van der Waals surface area contributed by atoms with Gasteiger partial charge in [-0.05, 0) is 38.3 Å². The molecule has 138 valence electrons. The minimum absolute atomic E-state index is 0. The van der Waals surface area contributed by atoms with Crippen molar-refractivity contribution in [1.82, 2.24) is 20.5 Å². The van der Waals surface area contributed by atoms with Crippen molar-refractivity contribution >= 4 is 41.3 Å². The van der Waals surface area contributed by atoms with Crippen molar-refractivity contribution in [2.24, 2.45) is 10.9 Å². The van der Waals surface area contributed by atoms with Crippen LogP contribution in [0.4, 0.5) is 0 Å². The average molecular weight is 465 g/mol. The summed E-state index contributed by atoms with van der Waals surface area (Å²) in [5.74, 6) is 1.51. The number of likely N-dealkylation sites (tertiary alicyclic amines) is 1. The molecule has 1 aromatic rings. The van der Waals surface area contributed by atoms with Gasteiger partial charge >= 0.3 is 0 Å². The Kier molecular flexibility index (Phi) is 10.1. The van der Waals surface area contributed by atoms with Gasteiger partial charge in [-0.3, -0.25) is 9.89 Å². The first-order valence-corrected chi connectivity index (χ1v) is 9.57. The van der Waals surface area contributed by atoms with Crippen LogP contribution >= 0.6 is 35.3 Å². The molecule has 1 unspecified atom stereocenters. The largest absolute Gasteiger partial charge is 0.355 e. The molecule has 1 aliphatic heterocycles. The molecule has 0 radical (unpaired) electrons. The van der Waals surface area contributed by atoms with E-state index in [-0.39, 0.29) is 24.0 Å². The molecule has 1 fully saturated rings. The van der Waals surface area contributed by atoms with E-state index in [0.717, 1.165) is 30.5 Å². The van der Waals surface area contributed by atoms with E-state index < -0.39 is 0 Å². The number of aliphatic imine (C=N–C) groups is 1. The zero-order chi connectivity index (χ0) is 16.7. The highest BCUT2D eigenvalue weighted by Crippen LogP contribution is 2.17. The summed E-state index contributed by atoms with van der Waals surface area (Å²) < 4.78 is 0. The summed E-state index contributed by atoms with van der Waals surface area (Å²) in [5, 5.41) is 7.98. The second-order valence-electron chi connectivity index (χ2n) is 6.43. The van der Waals surface area contributed by atoms with Gasteiger partial charge in [-0.1, -0.05) is 20.8 Å². The Morgan fingerprint density at radius 1 is 1.33 bits per heavy atom. The first-order valence-electron chi connectivity index (χ1n) is 8.76. The van der Waals surface area contributed by atoms with Crippen LogP contribution in [0, 0.1) is 5.92 Å². The number of guanidine groups is 1. The fraction of sp³-hybridized carbons (Fsp3) is 0.765. The normalized spacial score (nSPS) is 17.0. The second kappa shape index (κ2) is 11.3. The van der Waals surface area contributed by atoms with Gasteiger partial charge in [0.25, 0.3) is 0 Å². The lowest BCUT2D eigenvalue weighted by atomic mass is 10.0. The fourth-order valence-electron chi connectivity index (χ4n) is 3.03. The molecule has 7 heteroatoms. The Morgan fingerprint density at radius 3 is 2.58 bits per heavy atom. The van der Waals surface area contributed by atoms with Crippen LogP contribution in [-0.2, 0) is 13.0 Å². The van der Waals surface area contributed by atoms with Crippen LogP contribution in [0.5, 0.6) is 0 Å². The maximum atomic E-state index is 4.44. The van der Waals surface area contributed by atoms with Gasteiger partial charge < -0.3 is 10.6 Å². The average Bonchev–Trinajstić information content (AvgIpc) is 3.21. The SMILES string of the molecule is CCc1cnc(CNC(=NC)NCC(C(C)C)N2CCCC2)s1.I. The van der Waals surface area contributed by atoms with Crippen LogP contribution in [0.15, 0.2) is 11.2 Å². The Bertz CT molecular complexity index is 497. The maximum Gasteiger partial charge on any atom is 0.191 e. The lowest BCUT2D eigenvalue weighted by Crippen LogP contribution is -2.48. The third kappa shape index (κ3) is 6.48. The molecule has 0 aliphatic carbocycles. The highest BCUT2D eigenvalue weighted by atomic mass is 127. The van der Waals surface area contributed by atoms with Gasteiger partial charge in [0.05, 0.1) is 6.54 Å². The standard InChI is InChI=1S/C17H31N5S.HI/c1-5-14-10-19-16(23-14)12-21-17(18-4)20-11-15(13(2)3)22-8-6-7-9-22;/h10,13,15H,5-9,11-12H2,1-4H3,(H2,18,20,21);1H. The summed E-state index contributed by atoms with van der Waals surface area (Å²) in [6, 6.07) is 0.572. The zero-order valence-electron chi connectivity index (χ0n) is 15.3. The number of nitrogens with one attached hydrogen (secondary N) is 2. The lowest BCUT2D eigenvalue weighted by Gasteiger charge is -2.31. The smallest absolute Gasteiger partial charge is 0.191 e. The summed E-state index contributed by atoms with van der Waals surface area (Å²) in [5.41, 5.74) is 0. The summed E-state index contributed by atoms with van der Waals surface area (Å²) >= 11 is 1.77. The summed E-state index contributed by atoms with van der Waals surface area (Å²) in [7, 11) is 1.83. The zero-order valence-corrected chi connectivity index (χ0v) is 18.5. The molecular weight excluding hydrogens is 433 g/mol. The lowest BCUT2D eigenvalue weighted by molar-refractivity contribution is 0.192. The quantitative estimate of drug-likeness (QED) is 0.369. The molecule has 2 rings (SSSR count). The van der Waals surface area contributed by atoms with Crippen LogP contribution in [0.2, 0.25) is 0 Å². The molecular formula is C17H32IN5S. The van der Waals surface area contributed by atoms with Crippen molar-refractivity contribution in [3.05, 3.63) is 16.1 Å². The van der Waals surface area contributed by atoms with Crippen LogP contribution in [-0.4, -0.2) is 48.6 Å². The molecule has 2 N–H and O–H groups in total. The van der Waals surface area contributed by atoms with Crippen molar-refractivity contribution in [3.63, 3.8) is 0 Å². The Labute approximate surface area is 167 Å². The number of hydrogen-bond donors (Lipinski definition) is 2. The van der Waals surface area contributed by atoms with Crippen LogP contribution in [0.1, 0.15) is 43.5 Å². The van der Waals surface area contributed by atoms with E-state index in [9.17, 15) is 0 Å². The molecule has 1 saturated heterocycles. The van der Waals surface area contributed by atoms with Gasteiger partial charge in [0.2, 0.25) is 0 Å². The monoisotopic (exact) mass is 465 g/mol. The van der Waals surface area contributed by atoms with Crippen molar-refractivity contribution in [3.8, 4) is 0 Å². The van der Waals surface area contributed by atoms with Gasteiger partial charge in [-0.2, -0.15) is 0 Å². The molecule has 0 amide bonds. The predicted molar refractivity (Wildman–Crippen MR) is 115 cm³/mol. The Hall–Kier alpha value is -0.410. The molecule has 2 heterocycles. The van der Waals surface area contributed by atoms with Gasteiger partial charge in [0, 0.05) is 30.7 Å². The van der Waals surface area contributed by atoms with E-state index in [0.29, 0.717) is 12.0 Å². The summed E-state index contributed by atoms with van der Waals surface area (Å²) in [6.07, 6.45) is 5.69. The molecule has 0 bridgehead atoms. The van der Waals surface area contributed by atoms with E-state index in [2.05, 4.69) is 46.3 Å². The number of hydrogen-bond acceptors (Lipinski definition) is 4. The Balaban J connectivity index is 0.00000288. The number of aryl methyl sites for hydroxylation is 1. The summed E-state index contributed by atoms with van der Waals surface area (Å²) in [6.45, 7) is 10.9. The van der Waals surface area contributed by atoms with Crippen molar-refractivity contribution in [1.29, 1.82) is 0 Å². The minimum atomic E-state index is 0. The molecule has 1 aromatic heterocycles. The first kappa shape index (κ1) is 21.6. The molecule has 1 aliphatic rings. The number of aromatic nitrogens is 1. The third-order valence-corrected chi connectivity index (χ3v) is 5.58. The van der Waals surface area contributed by atoms with E-state index in [1.165, 1.54) is 30.8 Å². The number of rotatable bonds is 7. The topological polar surface area (TPSA) is 52.6 Å². The molecule has 0 aromatic carbocycles. The molecule has 1 atom stereocenters. The molecule has 0 spiro atoms. The maximum absolute atomic E-state index is 4.44. The molecule has 0 saturated carbocycles. The van der Waals surface area contributed by atoms with Gasteiger partial charge in [0.1, 0.15) is 5.01 Å². The number of nitrogens with zero attached hydrogens (tertiary/aromatic N) is 3.